The largest absolute Gasteiger partial charge is 0.394 e. The van der Waals surface area contributed by atoms with E-state index in [0.29, 0.717) is 6.42 Å². The number of nitrogens with one attached hydrogen (secondary N) is 1. The Morgan fingerprint density at radius 3 is 1.43 bits per heavy atom. The fourth-order valence-corrected chi connectivity index (χ4v) is 7.46. The Morgan fingerprint density at radius 1 is 0.556 bits per heavy atom. The highest BCUT2D eigenvalue weighted by molar-refractivity contribution is 5.76. The zero-order valence-corrected chi connectivity index (χ0v) is 39.8. The lowest BCUT2D eigenvalue weighted by atomic mass is 9.99. The second kappa shape index (κ2) is 43.3. The molecule has 63 heavy (non-hydrogen) atoms. The standard InChI is InChI=1S/C54H93NO8/c1-3-5-7-8-9-10-11-12-13-14-15-16-17-18-19-20-21-22-23-24-25-26-27-28-29-30-31-32-33-34-35-36-37-38-39-40-42-44-50(58)55-47(48(57)43-41-6-4-2)46-62-54-53(61)52(60)51(59)49(45-56)63-54/h5,7,9-10,12-13,15-16,18-19,21-22,41,43,47-49,51-54,56-57,59-61H,3-4,6,8,11,14,17,20,23-40,42,44-46H2,1-2H3,(H,55,58)/b7-5-,10-9-,13-12-,16-15-,19-18-,22-21-,43-41+. The van der Waals surface area contributed by atoms with Crippen molar-refractivity contribution in [3.8, 4) is 0 Å². The first-order valence-corrected chi connectivity index (χ1v) is 25.3. The third-order valence-corrected chi connectivity index (χ3v) is 11.5. The SMILES string of the molecule is CC/C=C\C/C=C\C/C=C\C/C=C\C/C=C\C/C=C\CCCCCCCCCCCCCCCCCCCCC(=O)NC(COC1OC(CO)C(O)C(O)C1O)C(O)/C=C/CCC. The smallest absolute Gasteiger partial charge is 0.220 e. The van der Waals surface area contributed by atoms with Crippen LogP contribution in [0.5, 0.6) is 0 Å². The third kappa shape index (κ3) is 33.5. The third-order valence-electron chi connectivity index (χ3n) is 11.5. The minimum absolute atomic E-state index is 0.191. The Hall–Kier alpha value is -2.63. The number of hydrogen-bond donors (Lipinski definition) is 6. The number of carbonyl (C=O) groups excluding carboxylic acids is 1. The van der Waals surface area contributed by atoms with Crippen LogP contribution in [0.4, 0.5) is 0 Å². The number of ether oxygens (including phenoxy) is 2. The van der Waals surface area contributed by atoms with Gasteiger partial charge in [0.25, 0.3) is 0 Å². The highest BCUT2D eigenvalue weighted by Crippen LogP contribution is 2.22. The molecule has 0 bridgehead atoms. The molecule has 1 fully saturated rings. The molecule has 0 saturated carbocycles. The quantitative estimate of drug-likeness (QED) is 0.0263. The lowest BCUT2D eigenvalue weighted by Crippen LogP contribution is -2.60. The Kier molecular flexibility index (Phi) is 40.1. The van der Waals surface area contributed by atoms with Crippen molar-refractivity contribution >= 4 is 5.91 Å². The summed E-state index contributed by atoms with van der Waals surface area (Å²) >= 11 is 0. The van der Waals surface area contributed by atoms with Gasteiger partial charge in [0.2, 0.25) is 5.91 Å². The number of unbranched alkanes of at least 4 members (excludes halogenated alkanes) is 19. The van der Waals surface area contributed by atoms with E-state index in [0.717, 1.165) is 70.6 Å². The lowest BCUT2D eigenvalue weighted by Gasteiger charge is -2.40. The molecule has 1 amide bonds. The van der Waals surface area contributed by atoms with E-state index >= 15 is 0 Å². The van der Waals surface area contributed by atoms with Crippen LogP contribution in [-0.2, 0) is 14.3 Å². The maximum atomic E-state index is 12.8. The van der Waals surface area contributed by atoms with Gasteiger partial charge in [-0.25, -0.2) is 0 Å². The Bertz CT molecular complexity index is 1260. The molecular formula is C54H93NO8. The fourth-order valence-electron chi connectivity index (χ4n) is 7.46. The first-order chi connectivity index (χ1) is 30.8. The lowest BCUT2D eigenvalue weighted by molar-refractivity contribution is -0.302. The van der Waals surface area contributed by atoms with Crippen LogP contribution in [0.2, 0.25) is 0 Å². The van der Waals surface area contributed by atoms with Crippen molar-refractivity contribution in [2.24, 2.45) is 0 Å². The molecule has 1 saturated heterocycles. The van der Waals surface area contributed by atoms with Crippen LogP contribution in [-0.4, -0.2) is 87.5 Å². The second-order valence-electron chi connectivity index (χ2n) is 17.2. The van der Waals surface area contributed by atoms with Gasteiger partial charge in [-0.05, 0) is 64.2 Å². The van der Waals surface area contributed by atoms with Crippen LogP contribution < -0.4 is 5.32 Å². The number of allylic oxidation sites excluding steroid dienone is 13. The summed E-state index contributed by atoms with van der Waals surface area (Å²) < 4.78 is 11.1. The predicted molar refractivity (Wildman–Crippen MR) is 262 cm³/mol. The van der Waals surface area contributed by atoms with E-state index in [1.807, 2.05) is 13.0 Å². The Morgan fingerprint density at radius 2 is 0.984 bits per heavy atom. The molecule has 1 rings (SSSR count). The molecule has 1 aliphatic heterocycles. The molecule has 0 aliphatic carbocycles. The monoisotopic (exact) mass is 884 g/mol. The Labute approximate surface area is 384 Å². The number of amides is 1. The van der Waals surface area contributed by atoms with Crippen molar-refractivity contribution in [3.05, 3.63) is 85.1 Å². The first-order valence-electron chi connectivity index (χ1n) is 25.3. The summed E-state index contributed by atoms with van der Waals surface area (Å²) in [5.41, 5.74) is 0. The maximum absolute atomic E-state index is 12.8. The molecule has 0 aromatic heterocycles. The molecule has 0 aromatic carbocycles. The average Bonchev–Trinajstić information content (AvgIpc) is 3.28. The summed E-state index contributed by atoms with van der Waals surface area (Å²) in [5, 5.41) is 53.4. The van der Waals surface area contributed by atoms with Gasteiger partial charge in [-0.2, -0.15) is 0 Å². The van der Waals surface area contributed by atoms with Crippen LogP contribution in [0.3, 0.4) is 0 Å². The van der Waals surface area contributed by atoms with E-state index in [1.54, 1.807) is 6.08 Å². The highest BCUT2D eigenvalue weighted by Gasteiger charge is 2.44. The van der Waals surface area contributed by atoms with Gasteiger partial charge in [-0.1, -0.05) is 208 Å². The fraction of sp³-hybridized carbons (Fsp3) is 0.722. The van der Waals surface area contributed by atoms with E-state index in [1.165, 1.54) is 103 Å². The molecule has 7 unspecified atom stereocenters. The van der Waals surface area contributed by atoms with Gasteiger partial charge >= 0.3 is 0 Å². The van der Waals surface area contributed by atoms with Crippen molar-refractivity contribution in [1.82, 2.24) is 5.32 Å². The van der Waals surface area contributed by atoms with Crippen molar-refractivity contribution in [3.63, 3.8) is 0 Å². The predicted octanol–water partition coefficient (Wildman–Crippen LogP) is 11.5. The summed E-state index contributed by atoms with van der Waals surface area (Å²) in [6.07, 6.45) is 54.8. The van der Waals surface area contributed by atoms with Gasteiger partial charge in [0, 0.05) is 6.42 Å². The van der Waals surface area contributed by atoms with Crippen molar-refractivity contribution in [2.75, 3.05) is 13.2 Å². The molecule has 362 valence electrons. The minimum Gasteiger partial charge on any atom is -0.394 e. The van der Waals surface area contributed by atoms with Crippen molar-refractivity contribution in [1.29, 1.82) is 0 Å². The summed E-state index contributed by atoms with van der Waals surface area (Å²) in [6, 6.07) is -0.802. The van der Waals surface area contributed by atoms with Gasteiger partial charge in [0.1, 0.15) is 24.4 Å². The van der Waals surface area contributed by atoms with Crippen LogP contribution in [0.15, 0.2) is 85.1 Å². The van der Waals surface area contributed by atoms with Crippen molar-refractivity contribution in [2.45, 2.75) is 236 Å². The number of aliphatic hydroxyl groups is 5. The molecule has 9 heteroatoms. The number of hydrogen-bond acceptors (Lipinski definition) is 8. The summed E-state index contributed by atoms with van der Waals surface area (Å²) in [6.45, 7) is 3.43. The topological polar surface area (TPSA) is 149 Å². The summed E-state index contributed by atoms with van der Waals surface area (Å²) in [7, 11) is 0. The van der Waals surface area contributed by atoms with Crippen molar-refractivity contribution < 1.29 is 39.8 Å². The zero-order valence-electron chi connectivity index (χ0n) is 39.8. The number of carbonyl (C=O) groups is 1. The molecule has 0 radical (unpaired) electrons. The van der Waals surface area contributed by atoms with E-state index in [9.17, 15) is 30.3 Å². The maximum Gasteiger partial charge on any atom is 0.220 e. The van der Waals surface area contributed by atoms with Crippen LogP contribution in [0.1, 0.15) is 194 Å². The van der Waals surface area contributed by atoms with E-state index in [2.05, 4.69) is 85.2 Å². The average molecular weight is 884 g/mol. The van der Waals surface area contributed by atoms with Gasteiger partial charge in [0.15, 0.2) is 6.29 Å². The first kappa shape index (κ1) is 58.4. The second-order valence-corrected chi connectivity index (χ2v) is 17.2. The summed E-state index contributed by atoms with van der Waals surface area (Å²) in [4.78, 5) is 12.8. The molecule has 0 spiro atoms. The molecule has 1 aliphatic rings. The summed E-state index contributed by atoms with van der Waals surface area (Å²) in [5.74, 6) is -0.191. The number of aliphatic hydroxyl groups excluding tert-OH is 5. The van der Waals surface area contributed by atoms with Crippen LogP contribution in [0.25, 0.3) is 0 Å². The molecule has 7 atom stereocenters. The minimum atomic E-state index is -1.56. The van der Waals surface area contributed by atoms with E-state index < -0.39 is 49.5 Å². The van der Waals surface area contributed by atoms with Crippen LogP contribution >= 0.6 is 0 Å². The molecule has 9 nitrogen and oxygen atoms in total. The molecule has 6 N–H and O–H groups in total. The van der Waals surface area contributed by atoms with E-state index in [4.69, 9.17) is 9.47 Å². The van der Waals surface area contributed by atoms with E-state index in [-0.39, 0.29) is 12.5 Å². The highest BCUT2D eigenvalue weighted by atomic mass is 16.7. The molecule has 0 aromatic rings. The van der Waals surface area contributed by atoms with Gasteiger partial charge in [-0.3, -0.25) is 4.79 Å². The van der Waals surface area contributed by atoms with Gasteiger partial charge < -0.3 is 40.3 Å². The molecular weight excluding hydrogens is 791 g/mol. The Balaban J connectivity index is 1.96. The molecule has 1 heterocycles. The number of rotatable bonds is 41. The zero-order chi connectivity index (χ0) is 45.9. The van der Waals surface area contributed by atoms with Gasteiger partial charge in [0.05, 0.1) is 25.4 Å². The van der Waals surface area contributed by atoms with Gasteiger partial charge in [-0.15, -0.1) is 0 Å². The van der Waals surface area contributed by atoms with Crippen LogP contribution in [0, 0.1) is 0 Å². The normalized spacial score (nSPS) is 20.9.